The van der Waals surface area contributed by atoms with Crippen molar-refractivity contribution in [3.63, 3.8) is 0 Å². The molecule has 2 aromatic carbocycles. The number of halogens is 2. The Morgan fingerprint density at radius 3 is 2.64 bits per heavy atom. The number of nitrogens with zero attached hydrogens (tertiary/aromatic N) is 2. The van der Waals surface area contributed by atoms with Crippen LogP contribution in [0.25, 0.3) is 10.9 Å². The highest BCUT2D eigenvalue weighted by molar-refractivity contribution is 6.35. The number of carbonyl (C=O) groups is 2. The molecular formula is C27H32Cl2N4O3. The third-order valence-electron chi connectivity index (χ3n) is 5.88. The molecule has 0 aliphatic carbocycles. The predicted octanol–water partition coefficient (Wildman–Crippen LogP) is 5.63. The Balaban J connectivity index is 1.54. The molecule has 1 aromatic heterocycles. The maximum absolute atomic E-state index is 12.8. The van der Waals surface area contributed by atoms with Crippen molar-refractivity contribution < 1.29 is 14.3 Å². The second-order valence-electron chi connectivity index (χ2n) is 9.09. The van der Waals surface area contributed by atoms with Crippen LogP contribution in [0.5, 0.6) is 5.75 Å². The summed E-state index contributed by atoms with van der Waals surface area (Å²) < 4.78 is 7.71. The smallest absolute Gasteiger partial charge is 0.262 e. The first-order chi connectivity index (χ1) is 17.2. The topological polar surface area (TPSA) is 84.7 Å². The van der Waals surface area contributed by atoms with Crippen LogP contribution in [0.1, 0.15) is 44.4 Å². The molecule has 1 atom stereocenters. The number of hydrogen-bond acceptors (Lipinski definition) is 4. The molecule has 7 nitrogen and oxygen atoms in total. The van der Waals surface area contributed by atoms with Gasteiger partial charge in [0.2, 0.25) is 5.91 Å². The summed E-state index contributed by atoms with van der Waals surface area (Å²) in [5.41, 5.74) is 5.68. The van der Waals surface area contributed by atoms with Crippen molar-refractivity contribution in [2.24, 2.45) is 18.1 Å². The molecule has 0 aliphatic heterocycles. The van der Waals surface area contributed by atoms with Crippen LogP contribution in [-0.4, -0.2) is 35.2 Å². The van der Waals surface area contributed by atoms with Crippen molar-refractivity contribution in [1.82, 2.24) is 15.3 Å². The van der Waals surface area contributed by atoms with E-state index in [1.807, 2.05) is 52.1 Å². The standard InChI is InChI=1S/C27H32Cl2N4O3/c1-17(2)14-23(31-26(34)10-7-13-36-25-12-11-19(28)15-22(25)29)27(35)32-30-16-21-18(3)33(4)24-9-6-5-8-20(21)24/h5-6,8-9,11-12,15-17,23H,7,10,13-14H2,1-4H3,(H,31,34)(H,32,35)/b30-16-/t23-/m1/s1. The molecule has 0 fully saturated rings. The van der Waals surface area contributed by atoms with Crippen molar-refractivity contribution in [2.45, 2.75) is 46.1 Å². The van der Waals surface area contributed by atoms with Crippen LogP contribution in [0.2, 0.25) is 10.0 Å². The molecule has 2 N–H and O–H groups in total. The normalized spacial score (nSPS) is 12.3. The van der Waals surface area contributed by atoms with Crippen LogP contribution in [0.15, 0.2) is 47.6 Å². The average molecular weight is 531 g/mol. The molecular weight excluding hydrogens is 499 g/mol. The Labute approximate surface area is 221 Å². The van der Waals surface area contributed by atoms with E-state index >= 15 is 0 Å². The van der Waals surface area contributed by atoms with Crippen molar-refractivity contribution in [1.29, 1.82) is 0 Å². The maximum Gasteiger partial charge on any atom is 0.262 e. The molecule has 3 aromatic rings. The quantitative estimate of drug-likeness (QED) is 0.191. The third kappa shape index (κ3) is 7.24. The second kappa shape index (κ2) is 12.8. The molecule has 2 amide bonds. The first kappa shape index (κ1) is 27.6. The average Bonchev–Trinajstić information content (AvgIpc) is 3.07. The number of aryl methyl sites for hydroxylation is 1. The van der Waals surface area contributed by atoms with E-state index in [1.54, 1.807) is 24.4 Å². The van der Waals surface area contributed by atoms with Crippen LogP contribution in [0, 0.1) is 12.8 Å². The molecule has 0 saturated carbocycles. The zero-order valence-electron chi connectivity index (χ0n) is 21.0. The van der Waals surface area contributed by atoms with Gasteiger partial charge < -0.3 is 14.6 Å². The van der Waals surface area contributed by atoms with E-state index < -0.39 is 6.04 Å². The molecule has 0 saturated heterocycles. The number of hydrazone groups is 1. The Morgan fingerprint density at radius 1 is 1.17 bits per heavy atom. The van der Waals surface area contributed by atoms with Gasteiger partial charge in [-0.1, -0.05) is 55.2 Å². The van der Waals surface area contributed by atoms with Gasteiger partial charge in [-0.3, -0.25) is 9.59 Å². The number of nitrogens with one attached hydrogen (secondary N) is 2. The minimum absolute atomic E-state index is 0.209. The lowest BCUT2D eigenvalue weighted by Gasteiger charge is -2.19. The highest BCUT2D eigenvalue weighted by Gasteiger charge is 2.21. The number of carbonyl (C=O) groups excluding carboxylic acids is 2. The summed E-state index contributed by atoms with van der Waals surface area (Å²) in [5.74, 6) is 0.143. The number of ether oxygens (including phenoxy) is 1. The number of fused-ring (bicyclic) bond motifs is 1. The van der Waals surface area contributed by atoms with Gasteiger partial charge in [-0.15, -0.1) is 0 Å². The van der Waals surface area contributed by atoms with E-state index in [0.29, 0.717) is 35.2 Å². The third-order valence-corrected chi connectivity index (χ3v) is 6.41. The predicted molar refractivity (Wildman–Crippen MR) is 146 cm³/mol. The lowest BCUT2D eigenvalue weighted by Crippen LogP contribution is -2.46. The summed E-state index contributed by atoms with van der Waals surface area (Å²) in [5, 5.41) is 9.03. The number of hydrogen-bond donors (Lipinski definition) is 2. The van der Waals surface area contributed by atoms with Gasteiger partial charge >= 0.3 is 0 Å². The number of amides is 2. The van der Waals surface area contributed by atoms with Crippen molar-refractivity contribution in [3.8, 4) is 5.75 Å². The molecule has 0 spiro atoms. The minimum atomic E-state index is -0.685. The van der Waals surface area contributed by atoms with Crippen LogP contribution >= 0.6 is 23.2 Å². The van der Waals surface area contributed by atoms with Gasteiger partial charge in [-0.25, -0.2) is 5.43 Å². The summed E-state index contributed by atoms with van der Waals surface area (Å²) in [6.45, 7) is 6.32. The number of aromatic nitrogens is 1. The zero-order chi connectivity index (χ0) is 26.2. The first-order valence-corrected chi connectivity index (χ1v) is 12.7. The Hall–Kier alpha value is -3.03. The fraction of sp³-hybridized carbons (Fsp3) is 0.370. The molecule has 9 heteroatoms. The van der Waals surface area contributed by atoms with E-state index in [9.17, 15) is 9.59 Å². The van der Waals surface area contributed by atoms with Gasteiger partial charge in [0, 0.05) is 40.7 Å². The van der Waals surface area contributed by atoms with Gasteiger partial charge in [0.05, 0.1) is 17.8 Å². The zero-order valence-corrected chi connectivity index (χ0v) is 22.5. The first-order valence-electron chi connectivity index (χ1n) is 11.9. The minimum Gasteiger partial charge on any atom is -0.492 e. The van der Waals surface area contributed by atoms with Crippen molar-refractivity contribution >= 4 is 52.1 Å². The molecule has 0 aliphatic rings. The Morgan fingerprint density at radius 2 is 1.92 bits per heavy atom. The maximum atomic E-state index is 12.8. The molecule has 0 radical (unpaired) electrons. The largest absolute Gasteiger partial charge is 0.492 e. The van der Waals surface area contributed by atoms with Gasteiger partial charge in [0.15, 0.2) is 0 Å². The number of benzene rings is 2. The van der Waals surface area contributed by atoms with Crippen LogP contribution < -0.4 is 15.5 Å². The fourth-order valence-corrected chi connectivity index (χ4v) is 4.39. The number of para-hydroxylation sites is 1. The molecule has 0 unspecified atom stereocenters. The van der Waals surface area contributed by atoms with Crippen LogP contribution in [0.4, 0.5) is 0 Å². The molecule has 3 rings (SSSR count). The fourth-order valence-electron chi connectivity index (χ4n) is 3.93. The van der Waals surface area contributed by atoms with E-state index in [2.05, 4.69) is 20.4 Å². The Bertz CT molecular complexity index is 1250. The molecule has 36 heavy (non-hydrogen) atoms. The lowest BCUT2D eigenvalue weighted by atomic mass is 10.0. The highest BCUT2D eigenvalue weighted by Crippen LogP contribution is 2.27. The molecule has 192 valence electrons. The van der Waals surface area contributed by atoms with Gasteiger partial charge in [0.1, 0.15) is 11.8 Å². The second-order valence-corrected chi connectivity index (χ2v) is 9.93. The summed E-state index contributed by atoms with van der Waals surface area (Å²) >= 11 is 12.0. The monoisotopic (exact) mass is 530 g/mol. The van der Waals surface area contributed by atoms with E-state index in [0.717, 1.165) is 22.2 Å². The summed E-state index contributed by atoms with van der Waals surface area (Å²) in [6.07, 6.45) is 2.84. The molecule has 1 heterocycles. The van der Waals surface area contributed by atoms with E-state index in [-0.39, 0.29) is 24.2 Å². The highest BCUT2D eigenvalue weighted by atomic mass is 35.5. The lowest BCUT2D eigenvalue weighted by molar-refractivity contribution is -0.129. The van der Waals surface area contributed by atoms with E-state index in [4.69, 9.17) is 27.9 Å². The van der Waals surface area contributed by atoms with E-state index in [1.165, 1.54) is 0 Å². The SMILES string of the molecule is Cc1c(/C=N\NC(=O)[C@@H](CC(C)C)NC(=O)CCCOc2ccc(Cl)cc2Cl)c2ccccc2n1C. The van der Waals surface area contributed by atoms with Crippen molar-refractivity contribution in [2.75, 3.05) is 6.61 Å². The summed E-state index contributed by atoms with van der Waals surface area (Å²) in [4.78, 5) is 25.4. The van der Waals surface area contributed by atoms with Gasteiger partial charge in [0.25, 0.3) is 5.91 Å². The number of rotatable bonds is 11. The summed E-state index contributed by atoms with van der Waals surface area (Å²) in [7, 11) is 2.00. The van der Waals surface area contributed by atoms with Crippen LogP contribution in [0.3, 0.4) is 0 Å². The van der Waals surface area contributed by atoms with Gasteiger partial charge in [-0.2, -0.15) is 5.10 Å². The Kier molecular flexibility index (Phi) is 9.79. The molecule has 0 bridgehead atoms. The van der Waals surface area contributed by atoms with Crippen molar-refractivity contribution in [3.05, 3.63) is 63.8 Å². The van der Waals surface area contributed by atoms with Crippen LogP contribution in [-0.2, 0) is 16.6 Å². The summed E-state index contributed by atoms with van der Waals surface area (Å²) in [6, 6.07) is 12.3. The van der Waals surface area contributed by atoms with Gasteiger partial charge in [-0.05, 0) is 49.9 Å².